The summed E-state index contributed by atoms with van der Waals surface area (Å²) in [4.78, 5) is 15.0. The number of benzene rings is 1. The number of aryl methyl sites for hydroxylation is 1. The van der Waals surface area contributed by atoms with Crippen molar-refractivity contribution in [3.8, 4) is 5.75 Å². The quantitative estimate of drug-likeness (QED) is 0.795. The van der Waals surface area contributed by atoms with Crippen molar-refractivity contribution in [1.82, 2.24) is 9.47 Å². The van der Waals surface area contributed by atoms with Gasteiger partial charge in [-0.05, 0) is 50.8 Å². The second-order valence-corrected chi connectivity index (χ2v) is 6.51. The van der Waals surface area contributed by atoms with Gasteiger partial charge in [-0.1, -0.05) is 6.07 Å². The maximum atomic E-state index is 13.2. The van der Waals surface area contributed by atoms with Gasteiger partial charge in [0.25, 0.3) is 0 Å². The van der Waals surface area contributed by atoms with Crippen LogP contribution in [0.1, 0.15) is 43.9 Å². The van der Waals surface area contributed by atoms with Crippen LogP contribution < -0.4 is 4.74 Å². The second-order valence-electron chi connectivity index (χ2n) is 6.51. The highest BCUT2D eigenvalue weighted by atomic mass is 18.2. The molecule has 0 aliphatic heterocycles. The van der Waals surface area contributed by atoms with E-state index in [1.165, 1.54) is 0 Å². The molecular formula is C20H27FN2O2. The summed E-state index contributed by atoms with van der Waals surface area (Å²) in [5.74, 6) is 0.782. The van der Waals surface area contributed by atoms with Crippen molar-refractivity contribution in [1.29, 1.82) is 0 Å². The maximum Gasteiger partial charge on any atom is 0.230 e. The normalized spacial score (nSPS) is 16.7. The summed E-state index contributed by atoms with van der Waals surface area (Å²) >= 11 is 0. The van der Waals surface area contributed by atoms with Crippen LogP contribution in [0.2, 0.25) is 0 Å². The number of nitrogens with zero attached hydrogens (tertiary/aromatic N) is 2. The van der Waals surface area contributed by atoms with Crippen molar-refractivity contribution in [2.75, 3.05) is 26.9 Å². The maximum absolute atomic E-state index is 13.2. The van der Waals surface area contributed by atoms with Crippen LogP contribution in [0.4, 0.5) is 4.39 Å². The number of fused-ring (bicyclic) bond motifs is 3. The van der Waals surface area contributed by atoms with E-state index in [2.05, 4.69) is 4.57 Å². The van der Waals surface area contributed by atoms with Gasteiger partial charge in [0.15, 0.2) is 0 Å². The van der Waals surface area contributed by atoms with Gasteiger partial charge in [-0.2, -0.15) is 0 Å². The molecule has 0 spiro atoms. The third-order valence-electron chi connectivity index (χ3n) is 5.36. The molecule has 1 aromatic heterocycles. The SMILES string of the molecule is CCN(CC)C(=O)[C@@H]1CCCc2c1c1c(OC)cccc1n2CC[18F]. The summed E-state index contributed by atoms with van der Waals surface area (Å²) in [6.07, 6.45) is 2.68. The van der Waals surface area contributed by atoms with Gasteiger partial charge < -0.3 is 14.2 Å². The lowest BCUT2D eigenvalue weighted by atomic mass is 9.84. The number of carbonyl (C=O) groups is 1. The van der Waals surface area contributed by atoms with Crippen LogP contribution in [0.5, 0.6) is 5.75 Å². The zero-order valence-electron chi connectivity index (χ0n) is 15.3. The molecule has 0 saturated carbocycles. The number of methoxy groups -OCH3 is 1. The van der Waals surface area contributed by atoms with E-state index in [4.69, 9.17) is 4.74 Å². The summed E-state index contributed by atoms with van der Waals surface area (Å²) in [5.41, 5.74) is 3.14. The fourth-order valence-electron chi connectivity index (χ4n) is 4.23. The van der Waals surface area contributed by atoms with E-state index < -0.39 is 6.67 Å². The Morgan fingerprint density at radius 2 is 2.12 bits per heavy atom. The molecule has 1 aromatic carbocycles. The Balaban J connectivity index is 2.23. The Kier molecular flexibility index (Phi) is 5.30. The number of hydrogen-bond acceptors (Lipinski definition) is 2. The molecule has 0 radical (unpaired) electrons. The van der Waals surface area contributed by atoms with Gasteiger partial charge in [0.2, 0.25) is 5.91 Å². The minimum atomic E-state index is -0.415. The summed E-state index contributed by atoms with van der Waals surface area (Å²) in [5, 5.41) is 0.985. The molecule has 1 heterocycles. The molecule has 0 N–H and O–H groups in total. The number of ether oxygens (including phenoxy) is 1. The Bertz CT molecular complexity index is 765. The lowest BCUT2D eigenvalue weighted by molar-refractivity contribution is -0.132. The van der Waals surface area contributed by atoms with Crippen LogP contribution >= 0.6 is 0 Å². The van der Waals surface area contributed by atoms with E-state index in [9.17, 15) is 9.18 Å². The molecule has 5 heteroatoms. The topological polar surface area (TPSA) is 34.5 Å². The molecule has 136 valence electrons. The predicted molar refractivity (Wildman–Crippen MR) is 98.1 cm³/mol. The Hall–Kier alpha value is -2.04. The molecule has 1 aliphatic rings. The molecule has 1 aliphatic carbocycles. The third-order valence-corrected chi connectivity index (χ3v) is 5.36. The highest BCUT2D eigenvalue weighted by molar-refractivity contribution is 5.97. The number of aromatic nitrogens is 1. The molecule has 0 fully saturated rings. The van der Waals surface area contributed by atoms with Crippen molar-refractivity contribution in [3.05, 3.63) is 29.5 Å². The van der Waals surface area contributed by atoms with Gasteiger partial charge in [0.1, 0.15) is 12.4 Å². The number of alkyl halides is 1. The van der Waals surface area contributed by atoms with E-state index in [0.717, 1.165) is 47.2 Å². The van der Waals surface area contributed by atoms with Crippen LogP contribution in [-0.4, -0.2) is 42.2 Å². The average Bonchev–Trinajstić information content (AvgIpc) is 2.97. The van der Waals surface area contributed by atoms with E-state index in [-0.39, 0.29) is 11.8 Å². The fraction of sp³-hybridized carbons (Fsp3) is 0.550. The second kappa shape index (κ2) is 7.46. The zero-order chi connectivity index (χ0) is 18.0. The van der Waals surface area contributed by atoms with E-state index >= 15 is 0 Å². The minimum Gasteiger partial charge on any atom is -0.496 e. The predicted octanol–water partition coefficient (Wildman–Crippen LogP) is 3.91. The monoisotopic (exact) mass is 345 g/mol. The third kappa shape index (κ3) is 2.90. The van der Waals surface area contributed by atoms with Crippen LogP contribution in [0, 0.1) is 0 Å². The van der Waals surface area contributed by atoms with Crippen molar-refractivity contribution in [2.45, 2.75) is 45.6 Å². The first-order valence-corrected chi connectivity index (χ1v) is 9.20. The fourth-order valence-corrected chi connectivity index (χ4v) is 4.23. The van der Waals surface area contributed by atoms with Crippen LogP contribution in [0.25, 0.3) is 10.9 Å². The van der Waals surface area contributed by atoms with E-state index in [1.54, 1.807) is 7.11 Å². The molecule has 3 rings (SSSR count). The van der Waals surface area contributed by atoms with E-state index in [0.29, 0.717) is 19.6 Å². The van der Waals surface area contributed by atoms with E-state index in [1.807, 2.05) is 36.9 Å². The van der Waals surface area contributed by atoms with Crippen LogP contribution in [-0.2, 0) is 17.8 Å². The molecule has 0 saturated heterocycles. The van der Waals surface area contributed by atoms with Crippen molar-refractivity contribution in [2.24, 2.45) is 0 Å². The summed E-state index contributed by atoms with van der Waals surface area (Å²) < 4.78 is 20.8. The number of amides is 1. The van der Waals surface area contributed by atoms with Crippen molar-refractivity contribution in [3.63, 3.8) is 0 Å². The average molecular weight is 345 g/mol. The highest BCUT2D eigenvalue weighted by Gasteiger charge is 2.34. The first-order chi connectivity index (χ1) is 12.2. The molecule has 0 bridgehead atoms. The number of rotatable bonds is 6. The summed E-state index contributed by atoms with van der Waals surface area (Å²) in [6, 6.07) is 5.86. The lowest BCUT2D eigenvalue weighted by Crippen LogP contribution is -2.36. The number of likely N-dealkylation sites (N-methyl/N-ethyl adjacent to an activating group) is 1. The molecule has 1 atom stereocenters. The first kappa shape index (κ1) is 17.8. The standard InChI is InChI=1S/C20H27FN2O2/c1-4-22(5-2)20(24)14-8-6-9-15-18(14)19-16(23(15)13-12-21)10-7-11-17(19)25-3/h7,10-11,14H,4-6,8-9,12-13H2,1-3H3/t14-/m1/s1/i21-1. The van der Waals surface area contributed by atoms with Gasteiger partial charge >= 0.3 is 0 Å². The smallest absolute Gasteiger partial charge is 0.230 e. The molecule has 2 aromatic rings. The van der Waals surface area contributed by atoms with Crippen molar-refractivity contribution < 1.29 is 13.9 Å². The Morgan fingerprint density at radius 3 is 2.76 bits per heavy atom. The zero-order valence-corrected chi connectivity index (χ0v) is 15.3. The lowest BCUT2D eigenvalue weighted by Gasteiger charge is -2.29. The first-order valence-electron chi connectivity index (χ1n) is 9.20. The van der Waals surface area contributed by atoms with Gasteiger partial charge in [-0.15, -0.1) is 0 Å². The summed E-state index contributed by atoms with van der Waals surface area (Å²) in [7, 11) is 1.65. The molecule has 25 heavy (non-hydrogen) atoms. The number of carbonyl (C=O) groups excluding carboxylic acids is 1. The molecule has 4 nitrogen and oxygen atoms in total. The van der Waals surface area contributed by atoms with Gasteiger partial charge in [0, 0.05) is 24.2 Å². The molecule has 0 unspecified atom stereocenters. The van der Waals surface area contributed by atoms with Crippen LogP contribution in [0.3, 0.4) is 0 Å². The van der Waals surface area contributed by atoms with Gasteiger partial charge in [-0.3, -0.25) is 4.79 Å². The molecule has 1 amide bonds. The van der Waals surface area contributed by atoms with Gasteiger partial charge in [0.05, 0.1) is 25.1 Å². The Morgan fingerprint density at radius 1 is 1.36 bits per heavy atom. The largest absolute Gasteiger partial charge is 0.496 e. The number of hydrogen-bond donors (Lipinski definition) is 0. The summed E-state index contributed by atoms with van der Waals surface area (Å²) in [6.45, 7) is 5.35. The Labute approximate surface area is 148 Å². The minimum absolute atomic E-state index is 0.164. The number of halogens is 1. The molecular weight excluding hydrogens is 318 g/mol. The van der Waals surface area contributed by atoms with Crippen LogP contribution in [0.15, 0.2) is 18.2 Å². The van der Waals surface area contributed by atoms with Crippen molar-refractivity contribution >= 4 is 16.8 Å². The van der Waals surface area contributed by atoms with Gasteiger partial charge in [-0.25, -0.2) is 4.39 Å². The highest BCUT2D eigenvalue weighted by Crippen LogP contribution is 2.43.